The first-order chi connectivity index (χ1) is 9.45. The Morgan fingerprint density at radius 3 is 2.90 bits per heavy atom. The van der Waals surface area contributed by atoms with E-state index in [1.165, 1.54) is 10.4 Å². The zero-order valence-corrected chi connectivity index (χ0v) is 11.9. The summed E-state index contributed by atoms with van der Waals surface area (Å²) in [5.74, 6) is -0.670. The summed E-state index contributed by atoms with van der Waals surface area (Å²) < 4.78 is 40.0. The van der Waals surface area contributed by atoms with E-state index >= 15 is 0 Å². The van der Waals surface area contributed by atoms with Gasteiger partial charge in [-0.1, -0.05) is 0 Å². The Morgan fingerprint density at radius 1 is 1.45 bits per heavy atom. The summed E-state index contributed by atoms with van der Waals surface area (Å²) in [5, 5.41) is 8.96. The van der Waals surface area contributed by atoms with Crippen LogP contribution in [0.3, 0.4) is 0 Å². The lowest BCUT2D eigenvalue weighted by molar-refractivity contribution is 0.202. The number of hydrogen-bond acceptors (Lipinski definition) is 4. The Labute approximate surface area is 118 Å². The Balaban J connectivity index is 2.27. The molecule has 7 heteroatoms. The van der Waals surface area contributed by atoms with Crippen molar-refractivity contribution in [1.29, 1.82) is 0 Å². The summed E-state index contributed by atoms with van der Waals surface area (Å²) in [6.45, 7) is 0.723. The number of nitrogens with two attached hydrogens (primary N) is 1. The second kappa shape index (κ2) is 6.07. The third kappa shape index (κ3) is 3.11. The van der Waals surface area contributed by atoms with Gasteiger partial charge in [-0.05, 0) is 43.4 Å². The number of halogens is 1. The van der Waals surface area contributed by atoms with Gasteiger partial charge in [-0.3, -0.25) is 0 Å². The molecule has 0 amide bonds. The molecule has 0 radical (unpaired) electrons. The van der Waals surface area contributed by atoms with Crippen LogP contribution in [0, 0.1) is 11.7 Å². The van der Waals surface area contributed by atoms with Gasteiger partial charge in [0, 0.05) is 25.4 Å². The maximum Gasteiger partial charge on any atom is 0.246 e. The molecular weight excluding hydrogens is 283 g/mol. The maximum atomic E-state index is 13.8. The van der Waals surface area contributed by atoms with Gasteiger partial charge in [-0.15, -0.1) is 0 Å². The van der Waals surface area contributed by atoms with Gasteiger partial charge in [0.2, 0.25) is 10.0 Å². The molecule has 2 rings (SSSR count). The first-order valence-corrected chi connectivity index (χ1v) is 8.05. The molecular formula is C13H19FN2O3S. The van der Waals surface area contributed by atoms with Crippen LogP contribution in [0.25, 0.3) is 0 Å². The molecule has 1 aromatic rings. The molecule has 112 valence electrons. The molecule has 1 aliphatic rings. The minimum Gasteiger partial charge on any atom is -0.399 e. The zero-order chi connectivity index (χ0) is 14.8. The fraction of sp³-hybridized carbons (Fsp3) is 0.538. The fourth-order valence-corrected chi connectivity index (χ4v) is 4.17. The highest BCUT2D eigenvalue weighted by Crippen LogP contribution is 2.27. The van der Waals surface area contributed by atoms with Gasteiger partial charge in [-0.25, -0.2) is 12.8 Å². The summed E-state index contributed by atoms with van der Waals surface area (Å²) in [6, 6.07) is 3.55. The number of aliphatic hydroxyl groups excluding tert-OH is 1. The molecule has 1 atom stereocenters. The van der Waals surface area contributed by atoms with Crippen LogP contribution < -0.4 is 5.73 Å². The number of aliphatic hydroxyl groups is 1. The molecule has 5 nitrogen and oxygen atoms in total. The van der Waals surface area contributed by atoms with Gasteiger partial charge in [0.1, 0.15) is 10.7 Å². The number of piperidine rings is 1. The largest absolute Gasteiger partial charge is 0.399 e. The summed E-state index contributed by atoms with van der Waals surface area (Å²) >= 11 is 0. The minimum atomic E-state index is -3.87. The van der Waals surface area contributed by atoms with Gasteiger partial charge in [0.25, 0.3) is 0 Å². The molecule has 0 bridgehead atoms. The van der Waals surface area contributed by atoms with E-state index in [0.717, 1.165) is 18.6 Å². The van der Waals surface area contributed by atoms with Crippen molar-refractivity contribution < 1.29 is 17.9 Å². The highest BCUT2D eigenvalue weighted by molar-refractivity contribution is 7.89. The van der Waals surface area contributed by atoms with Crippen molar-refractivity contribution in [3.05, 3.63) is 24.0 Å². The van der Waals surface area contributed by atoms with Crippen LogP contribution in [0.2, 0.25) is 0 Å². The van der Waals surface area contributed by atoms with E-state index in [-0.39, 0.29) is 23.1 Å². The lowest BCUT2D eigenvalue weighted by Crippen LogP contribution is -2.40. The van der Waals surface area contributed by atoms with E-state index < -0.39 is 15.8 Å². The summed E-state index contributed by atoms with van der Waals surface area (Å²) in [6.07, 6.45) is 2.16. The molecule has 0 spiro atoms. The molecule has 1 unspecified atom stereocenters. The van der Waals surface area contributed by atoms with Gasteiger partial charge in [0.05, 0.1) is 0 Å². The van der Waals surface area contributed by atoms with E-state index in [2.05, 4.69) is 0 Å². The third-order valence-electron chi connectivity index (χ3n) is 3.59. The Morgan fingerprint density at radius 2 is 2.20 bits per heavy atom. The predicted molar refractivity (Wildman–Crippen MR) is 74.0 cm³/mol. The molecule has 1 heterocycles. The van der Waals surface area contributed by atoms with Crippen molar-refractivity contribution in [3.63, 3.8) is 0 Å². The van der Waals surface area contributed by atoms with Gasteiger partial charge >= 0.3 is 0 Å². The van der Waals surface area contributed by atoms with Crippen molar-refractivity contribution in [2.75, 3.05) is 25.4 Å². The third-order valence-corrected chi connectivity index (χ3v) is 5.47. The standard InChI is InChI=1S/C13H19FN2O3S/c14-12-4-3-11(15)8-13(12)20(18,19)16-6-1-2-10(9-16)5-7-17/h3-4,8,10,17H,1-2,5-7,9,15H2. The Kier molecular flexibility index (Phi) is 4.62. The smallest absolute Gasteiger partial charge is 0.246 e. The van der Waals surface area contributed by atoms with Crippen LogP contribution in [0.1, 0.15) is 19.3 Å². The highest BCUT2D eigenvalue weighted by Gasteiger charge is 2.31. The van der Waals surface area contributed by atoms with E-state index in [1.807, 2.05) is 0 Å². The van der Waals surface area contributed by atoms with Gasteiger partial charge < -0.3 is 10.8 Å². The van der Waals surface area contributed by atoms with Crippen LogP contribution in [0.15, 0.2) is 23.1 Å². The van der Waals surface area contributed by atoms with Crippen molar-refractivity contribution in [3.8, 4) is 0 Å². The van der Waals surface area contributed by atoms with Crippen molar-refractivity contribution in [2.45, 2.75) is 24.2 Å². The summed E-state index contributed by atoms with van der Waals surface area (Å²) in [5.41, 5.74) is 5.76. The van der Waals surface area contributed by atoms with Crippen LogP contribution in [0.4, 0.5) is 10.1 Å². The molecule has 1 aliphatic heterocycles. The normalized spacial score (nSPS) is 21.0. The molecule has 0 saturated carbocycles. The number of nitrogen functional groups attached to an aromatic ring is 1. The van der Waals surface area contributed by atoms with E-state index in [0.29, 0.717) is 25.9 Å². The van der Waals surface area contributed by atoms with Crippen molar-refractivity contribution in [1.82, 2.24) is 4.31 Å². The zero-order valence-electron chi connectivity index (χ0n) is 11.1. The summed E-state index contributed by atoms with van der Waals surface area (Å²) in [7, 11) is -3.87. The lowest BCUT2D eigenvalue weighted by Gasteiger charge is -2.31. The monoisotopic (exact) mass is 302 g/mol. The van der Waals surface area contributed by atoms with E-state index in [4.69, 9.17) is 10.8 Å². The number of sulfonamides is 1. The first-order valence-electron chi connectivity index (χ1n) is 6.61. The first kappa shape index (κ1) is 15.2. The van der Waals surface area contributed by atoms with Crippen LogP contribution >= 0.6 is 0 Å². The van der Waals surface area contributed by atoms with Crippen molar-refractivity contribution in [2.24, 2.45) is 5.92 Å². The highest BCUT2D eigenvalue weighted by atomic mass is 32.2. The number of hydrogen-bond donors (Lipinski definition) is 2. The number of rotatable bonds is 4. The number of nitrogens with zero attached hydrogens (tertiary/aromatic N) is 1. The van der Waals surface area contributed by atoms with Crippen LogP contribution in [-0.4, -0.2) is 37.5 Å². The molecule has 20 heavy (non-hydrogen) atoms. The topological polar surface area (TPSA) is 83.6 Å². The van der Waals surface area contributed by atoms with Crippen molar-refractivity contribution >= 4 is 15.7 Å². The Hall–Kier alpha value is -1.18. The van der Waals surface area contributed by atoms with Crippen LogP contribution in [0.5, 0.6) is 0 Å². The lowest BCUT2D eigenvalue weighted by atomic mass is 9.97. The number of benzene rings is 1. The molecule has 0 aromatic heterocycles. The van der Waals surface area contributed by atoms with Crippen LogP contribution in [-0.2, 0) is 10.0 Å². The Bertz CT molecular complexity index is 575. The second-order valence-electron chi connectivity index (χ2n) is 5.07. The molecule has 1 aromatic carbocycles. The predicted octanol–water partition coefficient (Wildman–Crippen LogP) is 1.19. The SMILES string of the molecule is Nc1ccc(F)c(S(=O)(=O)N2CCCC(CCO)C2)c1. The molecule has 1 saturated heterocycles. The second-order valence-corrected chi connectivity index (χ2v) is 6.98. The fourth-order valence-electron chi connectivity index (χ4n) is 2.52. The molecule has 0 aliphatic carbocycles. The average molecular weight is 302 g/mol. The van der Waals surface area contributed by atoms with E-state index in [9.17, 15) is 12.8 Å². The van der Waals surface area contributed by atoms with Gasteiger partial charge in [0.15, 0.2) is 0 Å². The molecule has 3 N–H and O–H groups in total. The quantitative estimate of drug-likeness (QED) is 0.818. The maximum absolute atomic E-state index is 13.8. The average Bonchev–Trinajstić information content (AvgIpc) is 2.42. The number of anilines is 1. The van der Waals surface area contributed by atoms with E-state index in [1.54, 1.807) is 0 Å². The molecule has 1 fully saturated rings. The summed E-state index contributed by atoms with van der Waals surface area (Å²) in [4.78, 5) is -0.373. The van der Waals surface area contributed by atoms with Gasteiger partial charge in [-0.2, -0.15) is 4.31 Å². The minimum absolute atomic E-state index is 0.0329.